The highest BCUT2D eigenvalue weighted by molar-refractivity contribution is 5.50. The van der Waals surface area contributed by atoms with Gasteiger partial charge in [0, 0.05) is 36.7 Å². The first-order chi connectivity index (χ1) is 17.1. The molecule has 2 aromatic heterocycles. The molecule has 9 nitrogen and oxygen atoms in total. The maximum Gasteiger partial charge on any atom is 0.261 e. The minimum atomic E-state index is -2.56. The number of rotatable bonds is 6. The van der Waals surface area contributed by atoms with E-state index in [9.17, 15) is 8.78 Å². The highest BCUT2D eigenvalue weighted by atomic mass is 19.3. The van der Waals surface area contributed by atoms with Crippen molar-refractivity contribution in [3.8, 4) is 25.7 Å². The predicted octanol–water partition coefficient (Wildman–Crippen LogP) is 3.45. The van der Waals surface area contributed by atoms with E-state index in [4.69, 9.17) is 19.8 Å². The van der Waals surface area contributed by atoms with Gasteiger partial charge in [-0.2, -0.15) is 20.1 Å². The van der Waals surface area contributed by atoms with Crippen LogP contribution in [0.4, 0.5) is 26.5 Å². The highest BCUT2D eigenvalue weighted by Gasteiger charge is 2.26. The second-order valence-electron chi connectivity index (χ2n) is 8.08. The number of nitrogens with zero attached hydrogens (tertiary/aromatic N) is 5. The van der Waals surface area contributed by atoms with Crippen LogP contribution >= 0.6 is 0 Å². The van der Waals surface area contributed by atoms with Crippen molar-refractivity contribution < 1.29 is 18.6 Å². The van der Waals surface area contributed by atoms with Crippen molar-refractivity contribution in [1.29, 1.82) is 0 Å². The Morgan fingerprint density at radius 1 is 1.03 bits per heavy atom. The van der Waals surface area contributed by atoms with Gasteiger partial charge in [-0.25, -0.2) is 8.78 Å². The molecule has 0 amide bonds. The molecule has 0 aromatic carbocycles. The van der Waals surface area contributed by atoms with Crippen LogP contribution in [-0.4, -0.2) is 69.6 Å². The Balaban J connectivity index is 0.000000423. The molecule has 0 unspecified atom stereocenters. The van der Waals surface area contributed by atoms with E-state index in [-0.39, 0.29) is 0 Å². The first kappa shape index (κ1) is 28.0. The van der Waals surface area contributed by atoms with E-state index in [1.165, 1.54) is 44.2 Å². The molecular weight excluding hydrogens is 456 g/mol. The van der Waals surface area contributed by atoms with Gasteiger partial charge in [-0.1, -0.05) is 12.8 Å². The zero-order valence-corrected chi connectivity index (χ0v) is 19.7. The third kappa shape index (κ3) is 8.78. The number of hydrogen-bond donors (Lipinski definition) is 3. The smallest absolute Gasteiger partial charge is 0.261 e. The van der Waals surface area contributed by atoms with Crippen LogP contribution in [0.2, 0.25) is 0 Å². The second kappa shape index (κ2) is 14.9. The number of ether oxygens (including phenoxy) is 1. The largest absolute Gasteiger partial charge is 0.390 e. The summed E-state index contributed by atoms with van der Waals surface area (Å²) in [4.78, 5) is 16.4. The Kier molecular flexibility index (Phi) is 11.9. The van der Waals surface area contributed by atoms with E-state index in [0.717, 1.165) is 43.9 Å². The van der Waals surface area contributed by atoms with Gasteiger partial charge in [0.15, 0.2) is 5.82 Å². The van der Waals surface area contributed by atoms with E-state index in [2.05, 4.69) is 57.2 Å². The van der Waals surface area contributed by atoms with Crippen LogP contribution in [0.3, 0.4) is 0 Å². The second-order valence-corrected chi connectivity index (χ2v) is 8.08. The van der Waals surface area contributed by atoms with Crippen LogP contribution in [0.1, 0.15) is 61.9 Å². The summed E-state index contributed by atoms with van der Waals surface area (Å²) in [5.41, 5.74) is 1.20. The number of alkyl halides is 2. The zero-order chi connectivity index (χ0) is 25.6. The van der Waals surface area contributed by atoms with Crippen LogP contribution in [0.15, 0.2) is 6.07 Å². The number of aliphatic hydroxyl groups is 1. The summed E-state index contributed by atoms with van der Waals surface area (Å²) in [5, 5.41) is 18.2. The monoisotopic (exact) mass is 489 g/mol. The van der Waals surface area contributed by atoms with E-state index in [0.29, 0.717) is 17.8 Å². The van der Waals surface area contributed by atoms with Gasteiger partial charge in [0.05, 0.1) is 13.2 Å². The van der Waals surface area contributed by atoms with Crippen LogP contribution in [0.5, 0.6) is 0 Å². The van der Waals surface area contributed by atoms with Crippen molar-refractivity contribution >= 4 is 17.7 Å². The molecule has 2 aromatic rings. The number of anilines is 3. The van der Waals surface area contributed by atoms with Gasteiger partial charge >= 0.3 is 0 Å². The van der Waals surface area contributed by atoms with Gasteiger partial charge in [0.2, 0.25) is 11.9 Å². The number of aromatic amines is 1. The lowest BCUT2D eigenvalue weighted by atomic mass is 10.1. The molecule has 1 saturated heterocycles. The van der Waals surface area contributed by atoms with Gasteiger partial charge < -0.3 is 20.1 Å². The fourth-order valence-electron chi connectivity index (χ4n) is 3.83. The molecular formula is C24H33F2N7O2. The fraction of sp³-hybridized carbons (Fsp3) is 0.583. The van der Waals surface area contributed by atoms with E-state index in [1.807, 2.05) is 0 Å². The fourth-order valence-corrected chi connectivity index (χ4v) is 3.83. The van der Waals surface area contributed by atoms with Crippen molar-refractivity contribution in [2.24, 2.45) is 0 Å². The molecule has 3 aliphatic rings. The van der Waals surface area contributed by atoms with Gasteiger partial charge in [0.25, 0.3) is 6.43 Å². The molecule has 0 bridgehead atoms. The molecule has 3 fully saturated rings. The Bertz CT molecular complexity index is 913. The summed E-state index contributed by atoms with van der Waals surface area (Å²) in [6.45, 7) is 2.05. The van der Waals surface area contributed by atoms with Gasteiger partial charge in [-0.15, -0.1) is 25.7 Å². The highest BCUT2D eigenvalue weighted by Crippen LogP contribution is 2.39. The molecule has 0 radical (unpaired) electrons. The summed E-state index contributed by atoms with van der Waals surface area (Å²) in [6, 6.07) is 2.07. The van der Waals surface area contributed by atoms with Crippen molar-refractivity contribution in [3.63, 3.8) is 0 Å². The quantitative estimate of drug-likeness (QED) is 0.529. The Hall–Kier alpha value is -3.28. The Morgan fingerprint density at radius 2 is 1.66 bits per heavy atom. The van der Waals surface area contributed by atoms with Crippen LogP contribution in [-0.2, 0) is 4.74 Å². The summed E-state index contributed by atoms with van der Waals surface area (Å²) in [7, 11) is 0. The van der Waals surface area contributed by atoms with Gasteiger partial charge in [-0.05, 0) is 25.7 Å². The average molecular weight is 490 g/mol. The normalized spacial score (nSPS) is 17.3. The number of aliphatic hydroxyl groups excluding tert-OH is 1. The lowest BCUT2D eigenvalue weighted by Gasteiger charge is -2.27. The maximum atomic E-state index is 10.5. The SMILES string of the molecule is C#C.C#C.OCC(F)F.c1c(Nc2nc(C3CCCC3)nc(N3CCOCC3)n2)n[nH]c1C1CC1. The third-order valence-electron chi connectivity index (χ3n) is 5.65. The number of H-pyrrole nitrogens is 1. The van der Waals surface area contributed by atoms with Crippen LogP contribution < -0.4 is 10.2 Å². The Morgan fingerprint density at radius 3 is 2.23 bits per heavy atom. The standard InChI is InChI=1S/C18H25N7O.C2H4F2O.2C2H2/c1-2-4-13(3-1)16-20-17(19-15-11-14(23-24-15)12-5-6-12)22-18(21-16)25-7-9-26-10-8-25;3-2(4)1-5;2*1-2/h11-13H,1-10H2,(H2,19,20,21,22,23,24);2,5H,1H2;2*1-2H. The lowest BCUT2D eigenvalue weighted by Crippen LogP contribution is -2.37. The van der Waals surface area contributed by atoms with E-state index >= 15 is 0 Å². The molecule has 0 atom stereocenters. The molecule has 1 aliphatic heterocycles. The number of nitrogens with one attached hydrogen (secondary N) is 2. The number of aromatic nitrogens is 5. The zero-order valence-electron chi connectivity index (χ0n) is 19.7. The lowest BCUT2D eigenvalue weighted by molar-refractivity contribution is 0.0700. The van der Waals surface area contributed by atoms with Gasteiger partial charge in [-0.3, -0.25) is 5.10 Å². The van der Waals surface area contributed by atoms with E-state index in [1.54, 1.807) is 0 Å². The molecule has 2 saturated carbocycles. The number of morpholine rings is 1. The minimum absolute atomic E-state index is 0.444. The number of halogens is 2. The summed E-state index contributed by atoms with van der Waals surface area (Å²) >= 11 is 0. The first-order valence-corrected chi connectivity index (χ1v) is 11.6. The molecule has 5 rings (SSSR count). The molecule has 0 spiro atoms. The topological polar surface area (TPSA) is 112 Å². The minimum Gasteiger partial charge on any atom is -0.390 e. The van der Waals surface area contributed by atoms with Gasteiger partial charge in [0.1, 0.15) is 12.4 Å². The van der Waals surface area contributed by atoms with Crippen molar-refractivity contribution in [2.45, 2.75) is 56.8 Å². The number of terminal acetylenes is 2. The number of hydrogen-bond acceptors (Lipinski definition) is 8. The van der Waals surface area contributed by atoms with Crippen molar-refractivity contribution in [3.05, 3.63) is 17.6 Å². The summed E-state index contributed by atoms with van der Waals surface area (Å²) in [5.74, 6) is 4.14. The Labute approximate surface area is 205 Å². The average Bonchev–Trinajstić information content (AvgIpc) is 3.40. The molecule has 35 heavy (non-hydrogen) atoms. The first-order valence-electron chi connectivity index (χ1n) is 11.6. The van der Waals surface area contributed by atoms with Crippen molar-refractivity contribution in [1.82, 2.24) is 25.1 Å². The summed E-state index contributed by atoms with van der Waals surface area (Å²) in [6.07, 6.45) is 20.8. The summed E-state index contributed by atoms with van der Waals surface area (Å²) < 4.78 is 26.5. The molecule has 11 heteroatoms. The molecule has 2 aliphatic carbocycles. The molecule has 190 valence electrons. The van der Waals surface area contributed by atoms with Crippen LogP contribution in [0, 0.1) is 25.7 Å². The van der Waals surface area contributed by atoms with Crippen LogP contribution in [0.25, 0.3) is 0 Å². The molecule has 3 heterocycles. The van der Waals surface area contributed by atoms with E-state index < -0.39 is 13.0 Å². The predicted molar refractivity (Wildman–Crippen MR) is 131 cm³/mol. The molecule has 3 N–H and O–H groups in total. The van der Waals surface area contributed by atoms with Crippen molar-refractivity contribution in [2.75, 3.05) is 43.1 Å². The third-order valence-corrected chi connectivity index (χ3v) is 5.65. The maximum absolute atomic E-state index is 10.5.